The average molecular weight is 525 g/mol. The molecule has 2 fully saturated rings. The number of ether oxygens (including phenoxy) is 1. The number of esters is 1. The zero-order valence-electron chi connectivity index (χ0n) is 19.9. The highest BCUT2D eigenvalue weighted by Gasteiger charge is 2.31. The first kappa shape index (κ1) is 24.3. The maximum Gasteiger partial charge on any atom is 0.303 e. The minimum atomic E-state index is -0.222. The van der Waals surface area contributed by atoms with Gasteiger partial charge in [-0.05, 0) is 72.5 Å². The fraction of sp³-hybridized carbons (Fsp3) is 0.385. The summed E-state index contributed by atoms with van der Waals surface area (Å²) in [5.41, 5.74) is 7.97. The van der Waals surface area contributed by atoms with Gasteiger partial charge in [-0.15, -0.1) is 11.7 Å². The quantitative estimate of drug-likeness (QED) is 0.168. The third-order valence-corrected chi connectivity index (χ3v) is 8.44. The van der Waals surface area contributed by atoms with Crippen LogP contribution in [-0.4, -0.2) is 44.9 Å². The molecule has 1 saturated carbocycles. The van der Waals surface area contributed by atoms with Gasteiger partial charge in [0, 0.05) is 42.2 Å². The van der Waals surface area contributed by atoms with Crippen molar-refractivity contribution in [1.29, 1.82) is 0 Å². The number of rotatable bonds is 7. The molecule has 3 aromatic rings. The molecule has 1 aliphatic heterocycles. The Morgan fingerprint density at radius 1 is 1.20 bits per heavy atom. The number of allylic oxidation sites excluding steroid dienone is 1. The van der Waals surface area contributed by atoms with Gasteiger partial charge in [-0.2, -0.15) is 4.37 Å². The molecule has 182 valence electrons. The monoisotopic (exact) mass is 524 g/mol. The predicted molar refractivity (Wildman–Crippen MR) is 145 cm³/mol. The molecule has 0 N–H and O–H groups in total. The fourth-order valence-electron chi connectivity index (χ4n) is 4.61. The van der Waals surface area contributed by atoms with Gasteiger partial charge in [0.25, 0.3) is 0 Å². The molecule has 0 spiro atoms. The number of likely N-dealkylation sites (tertiary alicyclic amines) is 1. The van der Waals surface area contributed by atoms with Crippen LogP contribution in [0.1, 0.15) is 49.0 Å². The first-order chi connectivity index (χ1) is 17.0. The maximum absolute atomic E-state index is 11.4. The maximum atomic E-state index is 11.4. The molecule has 0 amide bonds. The van der Waals surface area contributed by atoms with Crippen molar-refractivity contribution in [2.75, 3.05) is 19.7 Å². The molecule has 0 unspecified atom stereocenters. The minimum absolute atomic E-state index is 0.222. The smallest absolute Gasteiger partial charge is 0.303 e. The third-order valence-electron chi connectivity index (χ3n) is 6.58. The van der Waals surface area contributed by atoms with Crippen molar-refractivity contribution in [1.82, 2.24) is 19.2 Å². The number of piperidine rings is 1. The van der Waals surface area contributed by atoms with Gasteiger partial charge in [0.1, 0.15) is 6.61 Å². The van der Waals surface area contributed by atoms with Gasteiger partial charge in [0.2, 0.25) is 0 Å². The zero-order chi connectivity index (χ0) is 24.4. The number of aromatic nitrogens is 3. The Bertz CT molecular complexity index is 1240. The van der Waals surface area contributed by atoms with Crippen LogP contribution in [0.25, 0.3) is 22.5 Å². The SMILES string of the molecule is CC(=O)OCC(=C1CC1)N1CCC(c2snc(-c3ccc(C)cc3)c2-c2ccnc(SS)n2)CC1. The van der Waals surface area contributed by atoms with Gasteiger partial charge >= 0.3 is 5.97 Å². The Balaban J connectivity index is 1.44. The molecule has 2 aromatic heterocycles. The number of aryl methyl sites for hydroxylation is 1. The lowest BCUT2D eigenvalue weighted by Crippen LogP contribution is -2.34. The molecule has 5 rings (SSSR count). The van der Waals surface area contributed by atoms with Crippen molar-refractivity contribution in [2.45, 2.75) is 50.6 Å². The Morgan fingerprint density at radius 2 is 1.94 bits per heavy atom. The third kappa shape index (κ3) is 5.57. The molecular weight excluding hydrogens is 497 g/mol. The summed E-state index contributed by atoms with van der Waals surface area (Å²) in [6.45, 7) is 5.86. The first-order valence-electron chi connectivity index (χ1n) is 11.8. The van der Waals surface area contributed by atoms with Crippen molar-refractivity contribution in [2.24, 2.45) is 0 Å². The van der Waals surface area contributed by atoms with Gasteiger partial charge in [0.15, 0.2) is 5.16 Å². The lowest BCUT2D eigenvalue weighted by Gasteiger charge is -2.35. The van der Waals surface area contributed by atoms with Crippen molar-refractivity contribution < 1.29 is 9.53 Å². The number of hydrogen-bond acceptors (Lipinski definition) is 9. The summed E-state index contributed by atoms with van der Waals surface area (Å²) in [6.07, 6.45) is 6.09. The molecule has 2 aliphatic rings. The molecule has 1 saturated heterocycles. The van der Waals surface area contributed by atoms with E-state index in [9.17, 15) is 4.79 Å². The summed E-state index contributed by atoms with van der Waals surface area (Å²) >= 11 is 5.90. The Hall–Kier alpha value is -2.36. The molecule has 35 heavy (non-hydrogen) atoms. The molecule has 3 heterocycles. The second-order valence-corrected chi connectivity index (χ2v) is 10.9. The van der Waals surface area contributed by atoms with Crippen molar-refractivity contribution in [3.8, 4) is 22.5 Å². The zero-order valence-corrected chi connectivity index (χ0v) is 22.4. The summed E-state index contributed by atoms with van der Waals surface area (Å²) < 4.78 is 10.3. The van der Waals surface area contributed by atoms with Crippen molar-refractivity contribution >= 4 is 40.0 Å². The number of carbonyl (C=O) groups is 1. The lowest BCUT2D eigenvalue weighted by atomic mass is 9.90. The van der Waals surface area contributed by atoms with E-state index in [1.165, 1.54) is 39.4 Å². The highest BCUT2D eigenvalue weighted by atomic mass is 33.1. The minimum Gasteiger partial charge on any atom is -0.459 e. The lowest BCUT2D eigenvalue weighted by molar-refractivity contribution is -0.140. The normalized spacial score (nSPS) is 15.9. The van der Waals surface area contributed by atoms with E-state index in [2.05, 4.69) is 52.7 Å². The molecule has 0 bridgehead atoms. The van der Waals surface area contributed by atoms with E-state index in [-0.39, 0.29) is 5.97 Å². The van der Waals surface area contributed by atoms with Crippen LogP contribution in [0.3, 0.4) is 0 Å². The molecule has 0 radical (unpaired) electrons. The van der Waals surface area contributed by atoms with Gasteiger partial charge in [-0.3, -0.25) is 4.79 Å². The largest absolute Gasteiger partial charge is 0.459 e. The van der Waals surface area contributed by atoms with Crippen molar-refractivity contribution in [3.05, 3.63) is 58.2 Å². The van der Waals surface area contributed by atoms with E-state index in [1.54, 1.807) is 17.7 Å². The van der Waals surface area contributed by atoms with Crippen molar-refractivity contribution in [3.63, 3.8) is 0 Å². The summed E-state index contributed by atoms with van der Waals surface area (Å²) in [4.78, 5) is 24.2. The number of nitrogens with zero attached hydrogens (tertiary/aromatic N) is 4. The summed E-state index contributed by atoms with van der Waals surface area (Å²) in [5.74, 6) is 0.180. The van der Waals surface area contributed by atoms with Crippen LogP contribution in [0.5, 0.6) is 0 Å². The Labute approximate surface area is 219 Å². The summed E-state index contributed by atoms with van der Waals surface area (Å²) in [6, 6.07) is 10.5. The molecule has 9 heteroatoms. The molecule has 6 nitrogen and oxygen atoms in total. The van der Waals surface area contributed by atoms with Gasteiger partial charge in [-0.25, -0.2) is 9.97 Å². The second-order valence-electron chi connectivity index (χ2n) is 9.04. The fourth-order valence-corrected chi connectivity index (χ4v) is 6.19. The van der Waals surface area contributed by atoms with E-state index in [4.69, 9.17) is 14.1 Å². The van der Waals surface area contributed by atoms with Crippen LogP contribution < -0.4 is 0 Å². The highest BCUT2D eigenvalue weighted by Crippen LogP contribution is 2.44. The molecule has 1 aromatic carbocycles. The number of thiol groups is 1. The van der Waals surface area contributed by atoms with Crippen LogP contribution in [0, 0.1) is 6.92 Å². The van der Waals surface area contributed by atoms with Crippen LogP contribution >= 0.6 is 34.0 Å². The van der Waals surface area contributed by atoms with Gasteiger partial charge in [-0.1, -0.05) is 29.8 Å². The topological polar surface area (TPSA) is 68.2 Å². The highest BCUT2D eigenvalue weighted by molar-refractivity contribution is 8.68. The van der Waals surface area contributed by atoms with E-state index < -0.39 is 0 Å². The summed E-state index contributed by atoms with van der Waals surface area (Å²) in [5, 5.41) is 0.638. The van der Waals surface area contributed by atoms with E-state index in [0.29, 0.717) is 17.7 Å². The van der Waals surface area contributed by atoms with Gasteiger partial charge < -0.3 is 9.64 Å². The standard InChI is InChI=1S/C26H28N4O2S3/c1-16-3-5-19(6-4-16)24-23(21-9-12-27-26(28-21)35-33)25(34-29-24)20-10-13-30(14-11-20)22(18-7-8-18)15-32-17(2)31/h3-6,9,12,20,33H,7-8,10-11,13-15H2,1-2H3. The van der Waals surface area contributed by atoms with Crippen LogP contribution in [0.4, 0.5) is 0 Å². The number of hydrogen-bond donors (Lipinski definition) is 1. The van der Waals surface area contributed by atoms with E-state index in [1.807, 2.05) is 6.07 Å². The van der Waals surface area contributed by atoms with Crippen LogP contribution in [-0.2, 0) is 9.53 Å². The van der Waals surface area contributed by atoms with Crippen LogP contribution in [0.15, 0.2) is 53.0 Å². The number of benzene rings is 1. The van der Waals surface area contributed by atoms with E-state index >= 15 is 0 Å². The Morgan fingerprint density at radius 3 is 2.60 bits per heavy atom. The van der Waals surface area contributed by atoms with E-state index in [0.717, 1.165) is 61.3 Å². The molecular formula is C26H28N4O2S3. The predicted octanol–water partition coefficient (Wildman–Crippen LogP) is 6.30. The average Bonchev–Trinajstić information content (AvgIpc) is 3.62. The van der Waals surface area contributed by atoms with Gasteiger partial charge in [0.05, 0.1) is 17.1 Å². The second kappa shape index (κ2) is 10.7. The first-order valence-corrected chi connectivity index (χ1v) is 14.5. The Kier molecular flexibility index (Phi) is 7.45. The summed E-state index contributed by atoms with van der Waals surface area (Å²) in [7, 11) is 1.25. The molecule has 1 aliphatic carbocycles. The van der Waals surface area contributed by atoms with Crippen LogP contribution in [0.2, 0.25) is 0 Å². The molecule has 0 atom stereocenters. The number of carbonyl (C=O) groups excluding carboxylic acids is 1.